The average Bonchev–Trinajstić information content (AvgIpc) is 3.19. The third-order valence-corrected chi connectivity index (χ3v) is 4.77. The zero-order valence-corrected chi connectivity index (χ0v) is 14.8. The molecular weight excluding hydrogens is 348 g/mol. The lowest BCUT2D eigenvalue weighted by atomic mass is 9.96. The maximum Gasteiger partial charge on any atom is 0.290 e. The van der Waals surface area contributed by atoms with Crippen molar-refractivity contribution in [2.45, 2.75) is 25.7 Å². The Morgan fingerprint density at radius 3 is 2.74 bits per heavy atom. The highest BCUT2D eigenvalue weighted by molar-refractivity contribution is 5.49. The van der Waals surface area contributed by atoms with E-state index >= 15 is 0 Å². The fourth-order valence-electron chi connectivity index (χ4n) is 3.25. The molecule has 0 aliphatic carbocycles. The number of hydrogen-bond acceptors (Lipinski definition) is 8. The largest absolute Gasteiger partial charge is 0.357 e. The summed E-state index contributed by atoms with van der Waals surface area (Å²) in [6, 6.07) is 7.34. The van der Waals surface area contributed by atoms with Gasteiger partial charge in [-0.25, -0.2) is 4.98 Å². The molecule has 9 heteroatoms. The van der Waals surface area contributed by atoms with Crippen LogP contribution in [0.3, 0.4) is 0 Å². The van der Waals surface area contributed by atoms with Gasteiger partial charge in [-0.15, -0.1) is 0 Å². The number of anilines is 1. The molecule has 4 heterocycles. The van der Waals surface area contributed by atoms with Gasteiger partial charge in [0, 0.05) is 30.8 Å². The van der Waals surface area contributed by atoms with Crippen molar-refractivity contribution in [3.05, 3.63) is 58.2 Å². The van der Waals surface area contributed by atoms with E-state index in [1.807, 2.05) is 18.2 Å². The Hall–Kier alpha value is -3.36. The number of nitro groups is 1. The van der Waals surface area contributed by atoms with Crippen LogP contribution >= 0.6 is 0 Å². The van der Waals surface area contributed by atoms with Crippen molar-refractivity contribution in [1.82, 2.24) is 20.1 Å². The van der Waals surface area contributed by atoms with Gasteiger partial charge in [0.25, 0.3) is 5.69 Å². The minimum atomic E-state index is -0.410. The second-order valence-corrected chi connectivity index (χ2v) is 6.52. The zero-order valence-electron chi connectivity index (χ0n) is 14.8. The molecule has 0 aromatic carbocycles. The van der Waals surface area contributed by atoms with E-state index in [9.17, 15) is 10.1 Å². The minimum absolute atomic E-state index is 0.0431. The fourth-order valence-corrected chi connectivity index (χ4v) is 3.25. The number of piperidine rings is 1. The van der Waals surface area contributed by atoms with Crippen molar-refractivity contribution >= 4 is 11.5 Å². The van der Waals surface area contributed by atoms with E-state index in [4.69, 9.17) is 4.52 Å². The van der Waals surface area contributed by atoms with Gasteiger partial charge >= 0.3 is 0 Å². The summed E-state index contributed by atoms with van der Waals surface area (Å²) < 4.78 is 5.45. The Morgan fingerprint density at radius 2 is 2.07 bits per heavy atom. The van der Waals surface area contributed by atoms with Crippen LogP contribution in [0, 0.1) is 17.0 Å². The standard InChI is InChI=1S/C18H18N6O3/c1-12-10-16(20-11-15(12)24(25)26)23-8-5-13(6-9-23)18-21-17(22-27-18)14-4-2-3-7-19-14/h2-4,7,10-11,13H,5-6,8-9H2,1H3. The topological polar surface area (TPSA) is 111 Å². The number of aryl methyl sites for hydroxylation is 1. The van der Waals surface area contributed by atoms with Gasteiger partial charge in [0.15, 0.2) is 0 Å². The molecule has 3 aromatic heterocycles. The van der Waals surface area contributed by atoms with Gasteiger partial charge in [0.05, 0.1) is 4.92 Å². The first-order chi connectivity index (χ1) is 13.1. The molecule has 0 bridgehead atoms. The van der Waals surface area contributed by atoms with Gasteiger partial charge in [-0.2, -0.15) is 4.98 Å². The number of rotatable bonds is 4. The van der Waals surface area contributed by atoms with Gasteiger partial charge in [0.1, 0.15) is 17.7 Å². The second kappa shape index (κ2) is 7.10. The van der Waals surface area contributed by atoms with Crippen molar-refractivity contribution in [3.63, 3.8) is 0 Å². The molecule has 4 rings (SSSR count). The third-order valence-electron chi connectivity index (χ3n) is 4.77. The summed E-state index contributed by atoms with van der Waals surface area (Å²) in [5.74, 6) is 2.07. The molecule has 138 valence electrons. The lowest BCUT2D eigenvalue weighted by Crippen LogP contribution is -2.33. The van der Waals surface area contributed by atoms with Gasteiger partial charge in [-0.1, -0.05) is 11.2 Å². The van der Waals surface area contributed by atoms with Gasteiger partial charge < -0.3 is 9.42 Å². The number of pyridine rings is 2. The quantitative estimate of drug-likeness (QED) is 0.511. The molecule has 3 aromatic rings. The summed E-state index contributed by atoms with van der Waals surface area (Å²) in [5.41, 5.74) is 1.35. The van der Waals surface area contributed by atoms with E-state index in [1.165, 1.54) is 6.20 Å². The lowest BCUT2D eigenvalue weighted by molar-refractivity contribution is -0.385. The minimum Gasteiger partial charge on any atom is -0.357 e. The van der Waals surface area contributed by atoms with Crippen LogP contribution in [0.25, 0.3) is 11.5 Å². The van der Waals surface area contributed by atoms with Gasteiger partial charge in [-0.05, 0) is 38.0 Å². The van der Waals surface area contributed by atoms with E-state index in [1.54, 1.807) is 19.2 Å². The molecule has 0 amide bonds. The van der Waals surface area contributed by atoms with Crippen LogP contribution in [-0.4, -0.2) is 38.1 Å². The Kier molecular flexibility index (Phi) is 4.49. The van der Waals surface area contributed by atoms with Gasteiger partial charge in [-0.3, -0.25) is 15.1 Å². The molecule has 0 spiro atoms. The van der Waals surface area contributed by atoms with Crippen LogP contribution in [0.15, 0.2) is 41.2 Å². The third kappa shape index (κ3) is 3.48. The zero-order chi connectivity index (χ0) is 18.8. The molecule has 1 saturated heterocycles. The summed E-state index contributed by atoms with van der Waals surface area (Å²) in [6.07, 6.45) is 4.72. The van der Waals surface area contributed by atoms with E-state index in [0.717, 1.165) is 31.7 Å². The number of aromatic nitrogens is 4. The number of nitrogens with zero attached hydrogens (tertiary/aromatic N) is 6. The van der Waals surface area contributed by atoms with Crippen LogP contribution in [0.2, 0.25) is 0 Å². The summed E-state index contributed by atoms with van der Waals surface area (Å²) >= 11 is 0. The first kappa shape index (κ1) is 17.1. The summed E-state index contributed by atoms with van der Waals surface area (Å²) in [4.78, 5) is 25.6. The van der Waals surface area contributed by atoms with Crippen LogP contribution in [0.4, 0.5) is 11.5 Å². The van der Waals surface area contributed by atoms with Crippen LogP contribution in [0.1, 0.15) is 30.2 Å². The van der Waals surface area contributed by atoms with Crippen molar-refractivity contribution in [2.75, 3.05) is 18.0 Å². The predicted octanol–water partition coefficient (Wildman–Crippen LogP) is 3.13. The molecule has 0 radical (unpaired) electrons. The van der Waals surface area contributed by atoms with E-state index in [-0.39, 0.29) is 11.6 Å². The normalized spacial score (nSPS) is 15.1. The second-order valence-electron chi connectivity index (χ2n) is 6.52. The Bertz CT molecular complexity index is 951. The molecule has 9 nitrogen and oxygen atoms in total. The van der Waals surface area contributed by atoms with Crippen LogP contribution in [0.5, 0.6) is 0 Å². The number of hydrogen-bond donors (Lipinski definition) is 0. The average molecular weight is 366 g/mol. The molecular formula is C18H18N6O3. The highest BCUT2D eigenvalue weighted by Gasteiger charge is 2.27. The first-order valence-electron chi connectivity index (χ1n) is 8.73. The molecule has 1 aliphatic heterocycles. The van der Waals surface area contributed by atoms with Crippen molar-refractivity contribution in [2.24, 2.45) is 0 Å². The highest BCUT2D eigenvalue weighted by Crippen LogP contribution is 2.31. The smallest absolute Gasteiger partial charge is 0.290 e. The molecule has 0 unspecified atom stereocenters. The maximum absolute atomic E-state index is 10.9. The Morgan fingerprint density at radius 1 is 1.26 bits per heavy atom. The molecule has 1 aliphatic rings. The van der Waals surface area contributed by atoms with Crippen molar-refractivity contribution in [3.8, 4) is 11.5 Å². The van der Waals surface area contributed by atoms with Crippen LogP contribution in [-0.2, 0) is 0 Å². The van der Waals surface area contributed by atoms with Gasteiger partial charge in [0.2, 0.25) is 11.7 Å². The predicted molar refractivity (Wildman–Crippen MR) is 97.3 cm³/mol. The maximum atomic E-state index is 10.9. The van der Waals surface area contributed by atoms with Crippen molar-refractivity contribution < 1.29 is 9.45 Å². The van der Waals surface area contributed by atoms with E-state index in [2.05, 4.69) is 25.0 Å². The SMILES string of the molecule is Cc1cc(N2CCC(c3nc(-c4ccccn4)no3)CC2)ncc1[N+](=O)[O-]. The van der Waals surface area contributed by atoms with E-state index in [0.29, 0.717) is 23.0 Å². The first-order valence-corrected chi connectivity index (χ1v) is 8.73. The summed E-state index contributed by atoms with van der Waals surface area (Å²) in [5, 5.41) is 15.0. The Labute approximate surface area is 155 Å². The van der Waals surface area contributed by atoms with E-state index < -0.39 is 4.92 Å². The monoisotopic (exact) mass is 366 g/mol. The van der Waals surface area contributed by atoms with Crippen molar-refractivity contribution in [1.29, 1.82) is 0 Å². The molecule has 0 N–H and O–H groups in total. The molecule has 27 heavy (non-hydrogen) atoms. The molecule has 1 fully saturated rings. The lowest BCUT2D eigenvalue weighted by Gasteiger charge is -2.31. The summed E-state index contributed by atoms with van der Waals surface area (Å²) in [7, 11) is 0. The Balaban J connectivity index is 1.43. The highest BCUT2D eigenvalue weighted by atomic mass is 16.6. The van der Waals surface area contributed by atoms with Crippen LogP contribution < -0.4 is 4.90 Å². The summed E-state index contributed by atoms with van der Waals surface area (Å²) in [6.45, 7) is 3.28. The fraction of sp³-hybridized carbons (Fsp3) is 0.333. The molecule has 0 atom stereocenters. The molecule has 0 saturated carbocycles.